The molecular formula is C21H26INO3S2. The van der Waals surface area contributed by atoms with Crippen LogP contribution >= 0.6 is 45.3 Å². The van der Waals surface area contributed by atoms with E-state index in [1.165, 1.54) is 21.3 Å². The SMILES string of the molecule is COC(=O)c1sc(-c2ccc(I)s2)cc1N(C(=O)[C@H]1CC[C@H](C)CC1)C(C)C. The van der Waals surface area contributed by atoms with Crippen LogP contribution in [0.5, 0.6) is 0 Å². The first-order valence-corrected chi connectivity index (χ1v) is 12.3. The molecule has 1 fully saturated rings. The van der Waals surface area contributed by atoms with Gasteiger partial charge in [0.05, 0.1) is 15.7 Å². The van der Waals surface area contributed by atoms with E-state index in [1.807, 2.05) is 24.8 Å². The van der Waals surface area contributed by atoms with E-state index in [9.17, 15) is 9.59 Å². The van der Waals surface area contributed by atoms with Crippen LogP contribution in [0.25, 0.3) is 9.75 Å². The van der Waals surface area contributed by atoms with Crippen molar-refractivity contribution in [3.63, 3.8) is 0 Å². The molecule has 0 radical (unpaired) electrons. The Morgan fingerprint density at radius 2 is 1.82 bits per heavy atom. The molecule has 1 saturated carbocycles. The fourth-order valence-corrected chi connectivity index (χ4v) is 6.49. The zero-order valence-electron chi connectivity index (χ0n) is 16.7. The van der Waals surface area contributed by atoms with Gasteiger partial charge in [-0.3, -0.25) is 4.79 Å². The summed E-state index contributed by atoms with van der Waals surface area (Å²) in [6.45, 7) is 6.27. The summed E-state index contributed by atoms with van der Waals surface area (Å²) in [5, 5.41) is 0. The van der Waals surface area contributed by atoms with E-state index < -0.39 is 0 Å². The third-order valence-electron chi connectivity index (χ3n) is 5.28. The van der Waals surface area contributed by atoms with Gasteiger partial charge >= 0.3 is 5.97 Å². The summed E-state index contributed by atoms with van der Waals surface area (Å²) < 4.78 is 6.23. The zero-order chi connectivity index (χ0) is 20.4. The molecule has 0 aromatic carbocycles. The quantitative estimate of drug-likeness (QED) is 0.330. The average molecular weight is 531 g/mol. The first kappa shape index (κ1) is 21.8. The molecule has 1 aliphatic rings. The highest BCUT2D eigenvalue weighted by Crippen LogP contribution is 2.42. The molecular weight excluding hydrogens is 505 g/mol. The highest BCUT2D eigenvalue weighted by Gasteiger charge is 2.33. The molecule has 0 aliphatic heterocycles. The summed E-state index contributed by atoms with van der Waals surface area (Å²) >= 11 is 5.38. The van der Waals surface area contributed by atoms with Gasteiger partial charge in [0.2, 0.25) is 5.91 Å². The van der Waals surface area contributed by atoms with Crippen LogP contribution in [0.4, 0.5) is 5.69 Å². The standard InChI is InChI=1S/C21H26INO3S2/c1-12(2)23(20(24)14-7-5-13(3)6-8-14)15-11-17(16-9-10-18(22)27-16)28-19(15)21(25)26-4/h9-14H,5-8H2,1-4H3/t13-,14-. The second-order valence-electron chi connectivity index (χ2n) is 7.68. The van der Waals surface area contributed by atoms with Crippen molar-refractivity contribution in [1.82, 2.24) is 0 Å². The number of ether oxygens (including phenoxy) is 1. The number of halogens is 1. The van der Waals surface area contributed by atoms with Crippen molar-refractivity contribution in [3.8, 4) is 9.75 Å². The number of esters is 1. The van der Waals surface area contributed by atoms with Crippen molar-refractivity contribution < 1.29 is 14.3 Å². The van der Waals surface area contributed by atoms with Crippen molar-refractivity contribution in [2.75, 3.05) is 12.0 Å². The third kappa shape index (κ3) is 4.62. The fourth-order valence-electron chi connectivity index (χ4n) is 3.72. The minimum Gasteiger partial charge on any atom is -0.465 e. The van der Waals surface area contributed by atoms with Crippen molar-refractivity contribution in [3.05, 3.63) is 26.0 Å². The van der Waals surface area contributed by atoms with E-state index in [4.69, 9.17) is 4.74 Å². The third-order valence-corrected chi connectivity index (χ3v) is 8.47. The number of anilines is 1. The van der Waals surface area contributed by atoms with Gasteiger partial charge in [0.1, 0.15) is 4.88 Å². The summed E-state index contributed by atoms with van der Waals surface area (Å²) in [6, 6.07) is 6.09. The van der Waals surface area contributed by atoms with Gasteiger partial charge in [0.25, 0.3) is 0 Å². The van der Waals surface area contributed by atoms with E-state index in [2.05, 4.69) is 41.6 Å². The Hall–Kier alpha value is -0.930. The van der Waals surface area contributed by atoms with Crippen LogP contribution < -0.4 is 4.90 Å². The lowest BCUT2D eigenvalue weighted by molar-refractivity contribution is -0.123. The molecule has 3 rings (SSSR count). The Morgan fingerprint density at radius 1 is 1.14 bits per heavy atom. The van der Waals surface area contributed by atoms with E-state index in [0.29, 0.717) is 16.5 Å². The molecule has 0 bridgehead atoms. The number of thiophene rings is 2. The highest BCUT2D eigenvalue weighted by molar-refractivity contribution is 14.1. The average Bonchev–Trinajstić information content (AvgIpc) is 3.28. The zero-order valence-corrected chi connectivity index (χ0v) is 20.4. The van der Waals surface area contributed by atoms with Gasteiger partial charge in [-0.25, -0.2) is 4.79 Å². The Kier molecular flexibility index (Phi) is 7.20. The highest BCUT2D eigenvalue weighted by atomic mass is 127. The van der Waals surface area contributed by atoms with Crippen LogP contribution in [0.1, 0.15) is 56.1 Å². The Bertz CT molecular complexity index is 850. The monoisotopic (exact) mass is 531 g/mol. The molecule has 0 saturated heterocycles. The van der Waals surface area contributed by atoms with E-state index in [-0.39, 0.29) is 23.8 Å². The maximum absolute atomic E-state index is 13.4. The smallest absolute Gasteiger partial charge is 0.350 e. The number of methoxy groups -OCH3 is 1. The van der Waals surface area contributed by atoms with Crippen LogP contribution in [0.3, 0.4) is 0 Å². The molecule has 0 N–H and O–H groups in total. The van der Waals surface area contributed by atoms with Crippen LogP contribution in [-0.4, -0.2) is 25.0 Å². The molecule has 1 amide bonds. The summed E-state index contributed by atoms with van der Waals surface area (Å²) in [6.07, 6.45) is 4.04. The second-order valence-corrected chi connectivity index (χ2v) is 11.7. The lowest BCUT2D eigenvalue weighted by Gasteiger charge is -2.33. The summed E-state index contributed by atoms with van der Waals surface area (Å²) in [5.74, 6) is 0.483. The first-order chi connectivity index (χ1) is 13.3. The lowest BCUT2D eigenvalue weighted by Crippen LogP contribution is -2.42. The molecule has 2 heterocycles. The lowest BCUT2D eigenvalue weighted by atomic mass is 9.82. The van der Waals surface area contributed by atoms with E-state index in [1.54, 1.807) is 11.3 Å². The normalized spacial score (nSPS) is 19.6. The van der Waals surface area contributed by atoms with Gasteiger partial charge in [-0.1, -0.05) is 6.92 Å². The number of nitrogens with zero attached hydrogens (tertiary/aromatic N) is 1. The molecule has 0 atom stereocenters. The maximum atomic E-state index is 13.4. The molecule has 28 heavy (non-hydrogen) atoms. The maximum Gasteiger partial charge on any atom is 0.350 e. The predicted octanol–water partition coefficient (Wildman–Crippen LogP) is 6.44. The second kappa shape index (κ2) is 9.26. The van der Waals surface area contributed by atoms with Crippen molar-refractivity contribution in [2.45, 2.75) is 52.5 Å². The summed E-state index contributed by atoms with van der Waals surface area (Å²) in [5.41, 5.74) is 0.689. The largest absolute Gasteiger partial charge is 0.465 e. The van der Waals surface area contributed by atoms with Gasteiger partial charge in [0.15, 0.2) is 0 Å². The summed E-state index contributed by atoms with van der Waals surface area (Å²) in [4.78, 5) is 30.4. The van der Waals surface area contributed by atoms with Gasteiger partial charge < -0.3 is 9.64 Å². The van der Waals surface area contributed by atoms with Gasteiger partial charge in [-0.15, -0.1) is 22.7 Å². The predicted molar refractivity (Wildman–Crippen MR) is 125 cm³/mol. The number of carbonyl (C=O) groups excluding carboxylic acids is 2. The molecule has 4 nitrogen and oxygen atoms in total. The number of amides is 1. The molecule has 0 unspecified atom stereocenters. The van der Waals surface area contributed by atoms with Gasteiger partial charge in [-0.2, -0.15) is 0 Å². The van der Waals surface area contributed by atoms with Gasteiger partial charge in [-0.05, 0) is 86.2 Å². The van der Waals surface area contributed by atoms with Crippen LogP contribution in [-0.2, 0) is 9.53 Å². The minimum absolute atomic E-state index is 0.0267. The Balaban J connectivity index is 2.00. The number of rotatable bonds is 5. The number of hydrogen-bond acceptors (Lipinski definition) is 5. The van der Waals surface area contributed by atoms with Crippen LogP contribution in [0, 0.1) is 14.7 Å². The van der Waals surface area contributed by atoms with Crippen molar-refractivity contribution in [1.29, 1.82) is 0 Å². The molecule has 0 spiro atoms. The van der Waals surface area contributed by atoms with Crippen molar-refractivity contribution >= 4 is 62.8 Å². The Labute approximate surface area is 188 Å². The van der Waals surface area contributed by atoms with E-state index in [0.717, 1.165) is 35.4 Å². The molecule has 152 valence electrons. The molecule has 1 aliphatic carbocycles. The van der Waals surface area contributed by atoms with E-state index >= 15 is 0 Å². The van der Waals surface area contributed by atoms with Crippen LogP contribution in [0.15, 0.2) is 18.2 Å². The number of carbonyl (C=O) groups is 2. The van der Waals surface area contributed by atoms with Crippen molar-refractivity contribution in [2.24, 2.45) is 11.8 Å². The van der Waals surface area contributed by atoms with Gasteiger partial charge in [0, 0.05) is 21.7 Å². The Morgan fingerprint density at radius 3 is 2.36 bits per heavy atom. The fraction of sp³-hybridized carbons (Fsp3) is 0.524. The molecule has 2 aromatic heterocycles. The topological polar surface area (TPSA) is 46.6 Å². The minimum atomic E-state index is -0.381. The molecule has 2 aromatic rings. The first-order valence-electron chi connectivity index (χ1n) is 9.62. The summed E-state index contributed by atoms with van der Waals surface area (Å²) in [7, 11) is 1.39. The molecule has 7 heteroatoms. The van der Waals surface area contributed by atoms with Crippen LogP contribution in [0.2, 0.25) is 0 Å². The number of hydrogen-bond donors (Lipinski definition) is 0.